The van der Waals surface area contributed by atoms with Crippen LogP contribution in [0.25, 0.3) is 22.3 Å². The van der Waals surface area contributed by atoms with Crippen LogP contribution in [0.3, 0.4) is 0 Å². The number of rotatable bonds is 7. The van der Waals surface area contributed by atoms with Crippen molar-refractivity contribution in [2.45, 2.75) is 52.9 Å². The van der Waals surface area contributed by atoms with Gasteiger partial charge in [-0.25, -0.2) is 8.78 Å². The lowest BCUT2D eigenvalue weighted by molar-refractivity contribution is 0.616. The van der Waals surface area contributed by atoms with Crippen molar-refractivity contribution < 1.29 is 8.78 Å². The Morgan fingerprint density at radius 3 is 2.04 bits per heavy atom. The third-order valence-corrected chi connectivity index (χ3v) is 5.38. The first kappa shape index (κ1) is 20.3. The summed E-state index contributed by atoms with van der Waals surface area (Å²) in [7, 11) is 0. The first-order valence-corrected chi connectivity index (χ1v) is 10.2. The van der Waals surface area contributed by atoms with Crippen LogP contribution in [0.1, 0.15) is 49.8 Å². The summed E-state index contributed by atoms with van der Waals surface area (Å²) in [5.74, 6) is -0.572. The van der Waals surface area contributed by atoms with Crippen LogP contribution in [0.5, 0.6) is 0 Å². The Hall–Kier alpha value is -2.48. The molecule has 3 aromatic rings. The van der Waals surface area contributed by atoms with Crippen molar-refractivity contribution in [3.05, 3.63) is 82.9 Å². The van der Waals surface area contributed by atoms with E-state index < -0.39 is 0 Å². The minimum atomic E-state index is -0.326. The lowest BCUT2D eigenvalue weighted by atomic mass is 9.94. The van der Waals surface area contributed by atoms with Gasteiger partial charge in [0.15, 0.2) is 0 Å². The molecule has 0 N–H and O–H groups in total. The average Bonchev–Trinajstić information content (AvgIpc) is 2.70. The maximum Gasteiger partial charge on any atom is 0.134 e. The van der Waals surface area contributed by atoms with Crippen molar-refractivity contribution in [3.8, 4) is 22.3 Å². The number of halogens is 2. The van der Waals surface area contributed by atoms with E-state index in [1.165, 1.54) is 11.6 Å². The van der Waals surface area contributed by atoms with E-state index >= 15 is 0 Å². The summed E-state index contributed by atoms with van der Waals surface area (Å²) in [5, 5.41) is 0. The van der Waals surface area contributed by atoms with Crippen molar-refractivity contribution >= 4 is 0 Å². The Labute approximate surface area is 167 Å². The SMILES string of the molecule is CCCCc1ccc(-c2ccc(-c3ccc(CCC)cc3)c(F)c2)c(F)c1C. The molecule has 0 fully saturated rings. The number of unbranched alkanes of at least 4 members (excludes halogenated alkanes) is 1. The summed E-state index contributed by atoms with van der Waals surface area (Å²) in [6, 6.07) is 16.8. The summed E-state index contributed by atoms with van der Waals surface area (Å²) >= 11 is 0. The zero-order valence-electron chi connectivity index (χ0n) is 17.0. The molecule has 0 aliphatic rings. The second kappa shape index (κ2) is 9.14. The highest BCUT2D eigenvalue weighted by molar-refractivity contribution is 5.72. The van der Waals surface area contributed by atoms with Crippen molar-refractivity contribution in [3.63, 3.8) is 0 Å². The number of benzene rings is 3. The summed E-state index contributed by atoms with van der Waals surface area (Å²) in [5.41, 5.74) is 5.38. The normalized spacial score (nSPS) is 11.0. The lowest BCUT2D eigenvalue weighted by Gasteiger charge is -2.12. The predicted octanol–water partition coefficient (Wildman–Crippen LogP) is 7.90. The van der Waals surface area contributed by atoms with Crippen LogP contribution in [0.4, 0.5) is 8.78 Å². The van der Waals surface area contributed by atoms with Gasteiger partial charge in [-0.2, -0.15) is 0 Å². The second-order valence-electron chi connectivity index (χ2n) is 7.46. The zero-order valence-corrected chi connectivity index (χ0v) is 17.0. The van der Waals surface area contributed by atoms with Crippen molar-refractivity contribution in [2.24, 2.45) is 0 Å². The van der Waals surface area contributed by atoms with Crippen molar-refractivity contribution in [2.75, 3.05) is 0 Å². The van der Waals surface area contributed by atoms with Crippen LogP contribution in [0.2, 0.25) is 0 Å². The molecule has 0 aliphatic carbocycles. The van der Waals surface area contributed by atoms with Gasteiger partial charge in [0.05, 0.1) is 0 Å². The van der Waals surface area contributed by atoms with Crippen LogP contribution in [-0.2, 0) is 12.8 Å². The van der Waals surface area contributed by atoms with Gasteiger partial charge >= 0.3 is 0 Å². The van der Waals surface area contributed by atoms with E-state index in [1.807, 2.05) is 43.3 Å². The van der Waals surface area contributed by atoms with Crippen LogP contribution in [0.15, 0.2) is 54.6 Å². The van der Waals surface area contributed by atoms with Gasteiger partial charge in [0.1, 0.15) is 11.6 Å². The van der Waals surface area contributed by atoms with Crippen LogP contribution >= 0.6 is 0 Å². The Kier molecular flexibility index (Phi) is 6.61. The molecule has 0 bridgehead atoms. The highest BCUT2D eigenvalue weighted by Gasteiger charge is 2.14. The molecule has 0 radical (unpaired) electrons. The standard InChI is InChI=1S/C26H28F2/c1-4-6-8-20-13-16-24(26(28)18(20)3)22-14-15-23(25(27)17-22)21-11-9-19(7-5-2)10-12-21/h9-17H,4-8H2,1-3H3. The molecular weight excluding hydrogens is 350 g/mol. The van der Waals surface area contributed by atoms with Crippen molar-refractivity contribution in [1.29, 1.82) is 0 Å². The number of hydrogen-bond donors (Lipinski definition) is 0. The monoisotopic (exact) mass is 378 g/mol. The molecule has 0 nitrogen and oxygen atoms in total. The molecule has 0 unspecified atom stereocenters. The summed E-state index contributed by atoms with van der Waals surface area (Å²) < 4.78 is 29.8. The van der Waals surface area contributed by atoms with Crippen LogP contribution in [0, 0.1) is 18.6 Å². The van der Waals surface area contributed by atoms with Gasteiger partial charge in [-0.3, -0.25) is 0 Å². The third kappa shape index (κ3) is 4.32. The zero-order chi connectivity index (χ0) is 20.1. The fourth-order valence-electron chi connectivity index (χ4n) is 3.64. The minimum absolute atomic E-state index is 0.246. The Balaban J connectivity index is 1.91. The van der Waals surface area contributed by atoms with Crippen molar-refractivity contribution in [1.82, 2.24) is 0 Å². The van der Waals surface area contributed by atoms with E-state index in [0.717, 1.165) is 43.2 Å². The first-order valence-electron chi connectivity index (χ1n) is 10.2. The Bertz CT molecular complexity index is 939. The maximum atomic E-state index is 14.9. The fraction of sp³-hybridized carbons (Fsp3) is 0.308. The van der Waals surface area contributed by atoms with Crippen LogP contribution in [-0.4, -0.2) is 0 Å². The second-order valence-corrected chi connectivity index (χ2v) is 7.46. The first-order chi connectivity index (χ1) is 13.5. The molecule has 0 heterocycles. The number of hydrogen-bond acceptors (Lipinski definition) is 0. The van der Waals surface area contributed by atoms with Gasteiger partial charge in [0.2, 0.25) is 0 Å². The summed E-state index contributed by atoms with van der Waals surface area (Å²) in [4.78, 5) is 0. The van der Waals surface area contributed by atoms with E-state index in [2.05, 4.69) is 13.8 Å². The van der Waals surface area contributed by atoms with E-state index in [4.69, 9.17) is 0 Å². The van der Waals surface area contributed by atoms with Gasteiger partial charge in [0.25, 0.3) is 0 Å². The highest BCUT2D eigenvalue weighted by atomic mass is 19.1. The Morgan fingerprint density at radius 2 is 1.39 bits per heavy atom. The molecule has 28 heavy (non-hydrogen) atoms. The van der Waals surface area contributed by atoms with Crippen LogP contribution < -0.4 is 0 Å². The molecule has 2 heteroatoms. The third-order valence-electron chi connectivity index (χ3n) is 5.38. The average molecular weight is 379 g/mol. The minimum Gasteiger partial charge on any atom is -0.206 e. The highest BCUT2D eigenvalue weighted by Crippen LogP contribution is 2.31. The van der Waals surface area contributed by atoms with Gasteiger partial charge in [-0.15, -0.1) is 0 Å². The molecule has 0 amide bonds. The van der Waals surface area contributed by atoms with Gasteiger partial charge < -0.3 is 0 Å². The molecular formula is C26H28F2. The van der Waals surface area contributed by atoms with E-state index in [0.29, 0.717) is 22.3 Å². The molecule has 146 valence electrons. The summed E-state index contributed by atoms with van der Waals surface area (Å²) in [6.07, 6.45) is 5.11. The lowest BCUT2D eigenvalue weighted by Crippen LogP contribution is -1.97. The predicted molar refractivity (Wildman–Crippen MR) is 115 cm³/mol. The largest absolute Gasteiger partial charge is 0.206 e. The molecule has 0 spiro atoms. The Morgan fingerprint density at radius 1 is 0.714 bits per heavy atom. The van der Waals surface area contributed by atoms with E-state index in [1.54, 1.807) is 12.1 Å². The molecule has 3 rings (SSSR count). The van der Waals surface area contributed by atoms with E-state index in [-0.39, 0.29) is 11.6 Å². The molecule has 0 saturated carbocycles. The van der Waals surface area contributed by atoms with Gasteiger partial charge in [0, 0.05) is 11.1 Å². The molecule has 0 saturated heterocycles. The van der Waals surface area contributed by atoms with E-state index in [9.17, 15) is 8.78 Å². The molecule has 0 aliphatic heterocycles. The van der Waals surface area contributed by atoms with Gasteiger partial charge in [-0.05, 0) is 60.1 Å². The summed E-state index contributed by atoms with van der Waals surface area (Å²) in [6.45, 7) is 6.08. The topological polar surface area (TPSA) is 0 Å². The smallest absolute Gasteiger partial charge is 0.134 e. The fourth-order valence-corrected chi connectivity index (χ4v) is 3.64. The molecule has 0 aromatic heterocycles. The van der Waals surface area contributed by atoms with Gasteiger partial charge in [-0.1, -0.05) is 75.2 Å². The quantitative estimate of drug-likeness (QED) is 0.392. The molecule has 3 aromatic carbocycles. The number of aryl methyl sites for hydroxylation is 2. The molecule has 0 atom stereocenters. The maximum absolute atomic E-state index is 14.9.